The molecule has 1 aliphatic carbocycles. The predicted molar refractivity (Wildman–Crippen MR) is 68.9 cm³/mol. The van der Waals surface area contributed by atoms with Gasteiger partial charge in [-0.25, -0.2) is 0 Å². The van der Waals surface area contributed by atoms with Crippen LogP contribution in [0.4, 0.5) is 0 Å². The van der Waals surface area contributed by atoms with Gasteiger partial charge < -0.3 is 15.0 Å². The highest BCUT2D eigenvalue weighted by Crippen LogP contribution is 2.18. The maximum atomic E-state index is 5.62. The minimum Gasteiger partial charge on any atom is -0.380 e. The quantitative estimate of drug-likeness (QED) is 0.546. The summed E-state index contributed by atoms with van der Waals surface area (Å²) in [5.74, 6) is 0. The Hall–Kier alpha value is -0.120. The van der Waals surface area contributed by atoms with Crippen LogP contribution in [0.2, 0.25) is 0 Å². The Morgan fingerprint density at radius 2 is 1.88 bits per heavy atom. The summed E-state index contributed by atoms with van der Waals surface area (Å²) in [6, 6.07) is 0.851. The topological polar surface area (TPSA) is 24.5 Å². The summed E-state index contributed by atoms with van der Waals surface area (Å²) < 4.78 is 5.62. The van der Waals surface area contributed by atoms with Crippen LogP contribution in [0.3, 0.4) is 0 Å². The van der Waals surface area contributed by atoms with E-state index in [0.717, 1.165) is 38.9 Å². The summed E-state index contributed by atoms with van der Waals surface area (Å²) in [5, 5.41) is 3.52. The van der Waals surface area contributed by atoms with Crippen molar-refractivity contribution in [3.05, 3.63) is 0 Å². The fourth-order valence-corrected chi connectivity index (χ4v) is 1.76. The number of nitrogens with one attached hydrogen (secondary N) is 1. The Kier molecular flexibility index (Phi) is 7.81. The summed E-state index contributed by atoms with van der Waals surface area (Å²) >= 11 is 0. The van der Waals surface area contributed by atoms with Crippen LogP contribution >= 0.6 is 0 Å². The van der Waals surface area contributed by atoms with Crippen LogP contribution in [0, 0.1) is 0 Å². The molecule has 0 heterocycles. The number of likely N-dealkylation sites (N-methyl/N-ethyl adjacent to an activating group) is 1. The molecule has 0 amide bonds. The zero-order chi connectivity index (χ0) is 11.6. The van der Waals surface area contributed by atoms with E-state index in [0.29, 0.717) is 0 Å². The normalized spacial score (nSPS) is 15.9. The summed E-state index contributed by atoms with van der Waals surface area (Å²) in [6.45, 7) is 10.7. The third-order valence-electron chi connectivity index (χ3n) is 3.17. The molecule has 0 atom stereocenters. The molecule has 0 aromatic heterocycles. The van der Waals surface area contributed by atoms with Gasteiger partial charge in [0, 0.05) is 19.2 Å². The number of ether oxygens (including phenoxy) is 1. The molecule has 1 N–H and O–H groups in total. The van der Waals surface area contributed by atoms with Crippen LogP contribution in [-0.2, 0) is 4.74 Å². The van der Waals surface area contributed by atoms with E-state index in [1.54, 1.807) is 0 Å². The van der Waals surface area contributed by atoms with E-state index < -0.39 is 0 Å². The fourth-order valence-electron chi connectivity index (χ4n) is 1.76. The Morgan fingerprint density at radius 1 is 1.12 bits per heavy atom. The average molecular weight is 228 g/mol. The van der Waals surface area contributed by atoms with E-state index >= 15 is 0 Å². The molecule has 1 aliphatic rings. The SMILES string of the molecule is CCN(CC)CCOCCCCNC1CC1. The Morgan fingerprint density at radius 3 is 2.50 bits per heavy atom. The monoisotopic (exact) mass is 228 g/mol. The number of hydrogen-bond acceptors (Lipinski definition) is 3. The number of unbranched alkanes of at least 4 members (excludes halogenated alkanes) is 1. The molecule has 0 saturated heterocycles. The minimum absolute atomic E-state index is 0.851. The third-order valence-corrected chi connectivity index (χ3v) is 3.17. The Labute approximate surface area is 101 Å². The van der Waals surface area contributed by atoms with Gasteiger partial charge in [-0.1, -0.05) is 13.8 Å². The molecule has 0 radical (unpaired) electrons. The minimum atomic E-state index is 0.851. The van der Waals surface area contributed by atoms with Gasteiger partial charge in [0.25, 0.3) is 0 Å². The summed E-state index contributed by atoms with van der Waals surface area (Å²) in [5.41, 5.74) is 0. The zero-order valence-corrected chi connectivity index (χ0v) is 11.0. The lowest BCUT2D eigenvalue weighted by atomic mass is 10.3. The van der Waals surface area contributed by atoms with E-state index in [-0.39, 0.29) is 0 Å². The molecule has 0 aliphatic heterocycles. The van der Waals surface area contributed by atoms with Gasteiger partial charge in [-0.15, -0.1) is 0 Å². The Balaban J connectivity index is 1.73. The van der Waals surface area contributed by atoms with Crippen LogP contribution < -0.4 is 5.32 Å². The van der Waals surface area contributed by atoms with Gasteiger partial charge in [-0.2, -0.15) is 0 Å². The van der Waals surface area contributed by atoms with Crippen molar-refractivity contribution in [1.82, 2.24) is 10.2 Å². The average Bonchev–Trinajstić information content (AvgIpc) is 3.11. The first kappa shape index (κ1) is 13.9. The van der Waals surface area contributed by atoms with Gasteiger partial charge in [0.1, 0.15) is 0 Å². The van der Waals surface area contributed by atoms with Gasteiger partial charge >= 0.3 is 0 Å². The predicted octanol–water partition coefficient (Wildman–Crippen LogP) is 1.88. The maximum Gasteiger partial charge on any atom is 0.0593 e. The van der Waals surface area contributed by atoms with Crippen molar-refractivity contribution in [1.29, 1.82) is 0 Å². The highest BCUT2D eigenvalue weighted by molar-refractivity contribution is 4.80. The Bertz CT molecular complexity index is 156. The molecular formula is C13H28N2O. The summed E-state index contributed by atoms with van der Waals surface area (Å²) in [6.07, 6.45) is 5.22. The second kappa shape index (κ2) is 8.97. The smallest absolute Gasteiger partial charge is 0.0593 e. The van der Waals surface area contributed by atoms with E-state index in [1.807, 2.05) is 0 Å². The highest BCUT2D eigenvalue weighted by Gasteiger charge is 2.19. The fraction of sp³-hybridized carbons (Fsp3) is 1.00. The molecule has 3 nitrogen and oxygen atoms in total. The molecule has 0 bridgehead atoms. The van der Waals surface area contributed by atoms with E-state index in [1.165, 1.54) is 32.2 Å². The second-order valence-electron chi connectivity index (χ2n) is 4.57. The van der Waals surface area contributed by atoms with Crippen molar-refractivity contribution in [3.63, 3.8) is 0 Å². The van der Waals surface area contributed by atoms with Gasteiger partial charge in [-0.05, 0) is 45.3 Å². The molecule has 0 unspecified atom stereocenters. The number of hydrogen-bond donors (Lipinski definition) is 1. The first-order chi connectivity index (χ1) is 7.86. The number of rotatable bonds is 11. The lowest BCUT2D eigenvalue weighted by Gasteiger charge is -2.17. The molecule has 0 aromatic carbocycles. The van der Waals surface area contributed by atoms with E-state index in [4.69, 9.17) is 4.74 Å². The summed E-state index contributed by atoms with van der Waals surface area (Å²) in [7, 11) is 0. The highest BCUT2D eigenvalue weighted by atomic mass is 16.5. The molecule has 0 aromatic rings. The van der Waals surface area contributed by atoms with Crippen molar-refractivity contribution in [2.24, 2.45) is 0 Å². The zero-order valence-electron chi connectivity index (χ0n) is 11.0. The van der Waals surface area contributed by atoms with Crippen molar-refractivity contribution in [2.45, 2.75) is 45.6 Å². The molecule has 1 rings (SSSR count). The van der Waals surface area contributed by atoms with Crippen LogP contribution in [-0.4, -0.2) is 50.3 Å². The summed E-state index contributed by atoms with van der Waals surface area (Å²) in [4.78, 5) is 2.40. The van der Waals surface area contributed by atoms with E-state index in [9.17, 15) is 0 Å². The molecule has 0 spiro atoms. The maximum absolute atomic E-state index is 5.62. The molecular weight excluding hydrogens is 200 g/mol. The first-order valence-electron chi connectivity index (χ1n) is 6.90. The van der Waals surface area contributed by atoms with Crippen LogP contribution in [0.1, 0.15) is 39.5 Å². The lowest BCUT2D eigenvalue weighted by molar-refractivity contribution is 0.104. The van der Waals surface area contributed by atoms with Crippen molar-refractivity contribution in [3.8, 4) is 0 Å². The molecule has 16 heavy (non-hydrogen) atoms. The number of nitrogens with zero attached hydrogens (tertiary/aromatic N) is 1. The molecule has 96 valence electrons. The van der Waals surface area contributed by atoms with Crippen LogP contribution in [0.15, 0.2) is 0 Å². The first-order valence-corrected chi connectivity index (χ1v) is 6.90. The van der Waals surface area contributed by atoms with Crippen LogP contribution in [0.5, 0.6) is 0 Å². The van der Waals surface area contributed by atoms with Gasteiger partial charge in [0.2, 0.25) is 0 Å². The van der Waals surface area contributed by atoms with Crippen LogP contribution in [0.25, 0.3) is 0 Å². The van der Waals surface area contributed by atoms with Crippen molar-refractivity contribution in [2.75, 3.05) is 39.4 Å². The molecule has 1 saturated carbocycles. The lowest BCUT2D eigenvalue weighted by Crippen LogP contribution is -2.27. The third kappa shape index (κ3) is 7.20. The van der Waals surface area contributed by atoms with Crippen molar-refractivity contribution >= 4 is 0 Å². The largest absolute Gasteiger partial charge is 0.380 e. The van der Waals surface area contributed by atoms with E-state index in [2.05, 4.69) is 24.1 Å². The van der Waals surface area contributed by atoms with Crippen molar-refractivity contribution < 1.29 is 4.74 Å². The van der Waals surface area contributed by atoms with Gasteiger partial charge in [0.15, 0.2) is 0 Å². The standard InChI is InChI=1S/C13H28N2O/c1-3-15(4-2)10-12-16-11-6-5-9-14-13-7-8-13/h13-14H,3-12H2,1-2H3. The molecule has 1 fully saturated rings. The molecule has 3 heteroatoms. The second-order valence-corrected chi connectivity index (χ2v) is 4.57. The van der Waals surface area contributed by atoms with Gasteiger partial charge in [-0.3, -0.25) is 0 Å². The van der Waals surface area contributed by atoms with Gasteiger partial charge in [0.05, 0.1) is 6.61 Å².